The number of fused-ring (bicyclic) bond motifs is 3. The minimum Gasteiger partial charge on any atom is -0.493 e. The molecule has 4 heterocycles. The molecule has 0 saturated heterocycles. The summed E-state index contributed by atoms with van der Waals surface area (Å²) >= 11 is 0. The molecular weight excluding hydrogens is 1390 g/mol. The van der Waals surface area contributed by atoms with Crippen LogP contribution in [0.1, 0.15) is 207 Å². The van der Waals surface area contributed by atoms with Crippen molar-refractivity contribution >= 4 is 79.7 Å². The lowest BCUT2D eigenvalue weighted by Crippen LogP contribution is -2.56. The molecule has 0 aliphatic heterocycles. The summed E-state index contributed by atoms with van der Waals surface area (Å²) < 4.78 is 33.3. The van der Waals surface area contributed by atoms with Crippen molar-refractivity contribution in [1.82, 2.24) is 18.9 Å². The Morgan fingerprint density at radius 3 is 1.00 bits per heavy atom. The first kappa shape index (κ1) is 83.4. The van der Waals surface area contributed by atoms with E-state index >= 15 is 0 Å². The van der Waals surface area contributed by atoms with Crippen molar-refractivity contribution in [1.29, 1.82) is 10.5 Å². The molecule has 6 atom stereocenters. The Labute approximate surface area is 681 Å². The molecule has 0 saturated carbocycles. The molecule has 0 bridgehead atoms. The number of nitriles is 2. The van der Waals surface area contributed by atoms with E-state index < -0.39 is 13.7 Å². The summed E-state index contributed by atoms with van der Waals surface area (Å²) in [5.41, 5.74) is 16.9. The normalized spacial score (nSPS) is 14.5. The number of oxazole rings is 2. The van der Waals surface area contributed by atoms with Crippen LogP contribution in [0.3, 0.4) is 0 Å². The molecule has 12 heteroatoms. The van der Waals surface area contributed by atoms with Gasteiger partial charge in [-0.3, -0.25) is 0 Å². The Kier molecular flexibility index (Phi) is 25.3. The average molecular weight is 1520 g/mol. The number of aromatic nitrogens is 4. The van der Waals surface area contributed by atoms with E-state index in [0.717, 1.165) is 141 Å². The van der Waals surface area contributed by atoms with Crippen LogP contribution in [0.15, 0.2) is 191 Å². The predicted octanol–water partition coefficient (Wildman–Crippen LogP) is 22.5. The molecule has 6 unspecified atom stereocenters. The number of hydrogen-bond donors (Lipinski definition) is 0. The standard InChI is InChI=1S/C102H122B2N6O4/c1-65-41-53-89-87(55-65)107-97(113-89)81(61-105)95-91-92(94(109(95)103(83-35-27-23-31-69(83)5)84-36-28-24-32-70(84)6)76-47-51-80(52-48-76)112-64-78(74(10)60-102(20,21)22)44-40-68(4)58-100(14,15)16)96(82(62-106)98-108-88-56-66(2)42-54-90(88)114-98)110(104(85-37-29-25-33-71(85)7)86-38-30-26-34-72(86)8)93(91)75-45-49-79(50-46-75)111-63-77(73(9)59-101(17,18)19)43-39-67(3)57-99(11,12)13/h23-38,41-42,45-56,67-68,73-74,77-78H,39-40,43-44,57-60,63-64H2,1-22H3/b95-81-,96-82-. The quantitative estimate of drug-likeness (QED) is 0.0444. The Hall–Kier alpha value is -10.0. The maximum absolute atomic E-state index is 12.9. The summed E-state index contributed by atoms with van der Waals surface area (Å²) in [5.74, 6) is 4.41. The van der Waals surface area contributed by atoms with Gasteiger partial charge in [-0.2, -0.15) is 10.5 Å². The highest BCUT2D eigenvalue weighted by molar-refractivity contribution is 6.86. The molecule has 12 aromatic rings. The molecule has 0 amide bonds. The Bertz CT molecular complexity index is 5180. The molecule has 12 rings (SSSR count). The summed E-state index contributed by atoms with van der Waals surface area (Å²) in [4.78, 5) is 10.8. The van der Waals surface area contributed by atoms with Crippen LogP contribution in [0.5, 0.6) is 11.5 Å². The van der Waals surface area contributed by atoms with Gasteiger partial charge in [0.15, 0.2) is 11.2 Å². The lowest BCUT2D eigenvalue weighted by Gasteiger charge is -2.31. The maximum atomic E-state index is 12.9. The molecule has 4 aromatic heterocycles. The first-order chi connectivity index (χ1) is 54.0. The predicted molar refractivity (Wildman–Crippen MR) is 479 cm³/mol. The third kappa shape index (κ3) is 19.3. The van der Waals surface area contributed by atoms with Gasteiger partial charge in [0.25, 0.3) is 0 Å². The Balaban J connectivity index is 1.27. The minimum atomic E-state index is -0.641. The van der Waals surface area contributed by atoms with E-state index in [0.29, 0.717) is 92.4 Å². The van der Waals surface area contributed by atoms with E-state index in [9.17, 15) is 10.5 Å². The number of ether oxygens (including phenoxy) is 2. The smallest absolute Gasteiger partial charge is 0.328 e. The van der Waals surface area contributed by atoms with E-state index in [-0.39, 0.29) is 44.6 Å². The molecule has 0 spiro atoms. The van der Waals surface area contributed by atoms with Gasteiger partial charge in [0.05, 0.1) is 23.9 Å². The van der Waals surface area contributed by atoms with E-state index in [2.05, 4.69) is 305 Å². The minimum absolute atomic E-state index is 0.142. The van der Waals surface area contributed by atoms with Crippen molar-refractivity contribution in [2.24, 2.45) is 57.2 Å². The molecule has 0 radical (unpaired) electrons. The van der Waals surface area contributed by atoms with Crippen molar-refractivity contribution in [3.8, 4) is 46.2 Å². The molecular formula is C102H122B2N6O4. The third-order valence-electron chi connectivity index (χ3n) is 23.5. The summed E-state index contributed by atoms with van der Waals surface area (Å²) in [6, 6.07) is 69.4. The first-order valence-corrected chi connectivity index (χ1v) is 41.9. The topological polar surface area (TPSA) is 128 Å². The van der Waals surface area contributed by atoms with E-state index in [1.165, 1.54) is 0 Å². The van der Waals surface area contributed by atoms with Crippen molar-refractivity contribution in [3.63, 3.8) is 0 Å². The van der Waals surface area contributed by atoms with Crippen LogP contribution in [-0.4, -0.2) is 45.8 Å². The fourth-order valence-corrected chi connectivity index (χ4v) is 18.6. The SMILES string of the molecule is Cc1ccc2oc(/C(C#N)=c3/c4c(-c5ccc(OCC(CCC(C)CC(C)(C)C)C(C)CC(C)(C)C)cc5)n(B(c5ccccc5C)c5ccccc5C)/c(=C(/C#N)c5nc6cc(C)ccc6o5)c4c(-c4ccc(OCC(CCC(C)CC(C)(C)C)C(C)CC(C)(C)C)cc4)n3B(c3ccccc3C)c3ccccc3C)nc2c1. The fourth-order valence-electron chi connectivity index (χ4n) is 18.6. The summed E-state index contributed by atoms with van der Waals surface area (Å²) in [7, 11) is 0. The largest absolute Gasteiger partial charge is 0.493 e. The Morgan fingerprint density at radius 1 is 0.404 bits per heavy atom. The number of rotatable bonds is 28. The van der Waals surface area contributed by atoms with E-state index in [4.69, 9.17) is 28.3 Å². The van der Waals surface area contributed by atoms with Gasteiger partial charge in [-0.15, -0.1) is 0 Å². The summed E-state index contributed by atoms with van der Waals surface area (Å²) in [6.45, 7) is 50.5. The number of hydrogen-bond acceptors (Lipinski definition) is 8. The lowest BCUT2D eigenvalue weighted by atomic mass is 9.48. The molecule has 114 heavy (non-hydrogen) atoms. The van der Waals surface area contributed by atoms with Gasteiger partial charge >= 0.3 is 13.7 Å². The number of benzene rings is 8. The zero-order chi connectivity index (χ0) is 81.9. The second kappa shape index (κ2) is 34.6. The van der Waals surface area contributed by atoms with Gasteiger partial charge < -0.3 is 27.3 Å². The fraction of sp³-hybridized carbons (Fsp3) is 0.412. The van der Waals surface area contributed by atoms with E-state index in [1.54, 1.807) is 0 Å². The summed E-state index contributed by atoms with van der Waals surface area (Å²) in [6.07, 6.45) is 8.85. The van der Waals surface area contributed by atoms with E-state index in [1.807, 2.05) is 50.2 Å². The lowest BCUT2D eigenvalue weighted by molar-refractivity contribution is 0.147. The van der Waals surface area contributed by atoms with Gasteiger partial charge in [-0.1, -0.05) is 255 Å². The number of aryl methyl sites for hydroxylation is 6. The molecule has 10 nitrogen and oxygen atoms in total. The van der Waals surface area contributed by atoms with Crippen LogP contribution in [0, 0.1) is 121 Å². The highest BCUT2D eigenvalue weighted by Crippen LogP contribution is 2.42. The molecule has 0 aliphatic carbocycles. The van der Waals surface area contributed by atoms with Crippen LogP contribution in [-0.2, 0) is 0 Å². The van der Waals surface area contributed by atoms with Crippen LogP contribution < -0.4 is 42.0 Å². The molecule has 0 N–H and O–H groups in total. The first-order valence-electron chi connectivity index (χ1n) is 41.9. The van der Waals surface area contributed by atoms with Gasteiger partial charge in [0.1, 0.15) is 45.8 Å². The summed E-state index contributed by atoms with van der Waals surface area (Å²) in [5, 5.41) is 28.3. The van der Waals surface area contributed by atoms with Gasteiger partial charge in [-0.25, -0.2) is 9.97 Å². The molecule has 0 aliphatic rings. The van der Waals surface area contributed by atoms with Gasteiger partial charge in [0.2, 0.25) is 11.8 Å². The second-order valence-corrected chi connectivity index (χ2v) is 38.6. The highest BCUT2D eigenvalue weighted by atomic mass is 16.5. The monoisotopic (exact) mass is 1520 g/mol. The van der Waals surface area contributed by atoms with Crippen LogP contribution in [0.25, 0.3) is 66.6 Å². The maximum Gasteiger partial charge on any atom is 0.328 e. The van der Waals surface area contributed by atoms with Crippen molar-refractivity contribution < 1.29 is 18.3 Å². The zero-order valence-electron chi connectivity index (χ0n) is 72.3. The van der Waals surface area contributed by atoms with Crippen LogP contribution >= 0.6 is 0 Å². The van der Waals surface area contributed by atoms with Crippen LogP contribution in [0.2, 0.25) is 0 Å². The molecule has 0 fully saturated rings. The van der Waals surface area contributed by atoms with Crippen molar-refractivity contribution in [2.45, 2.75) is 204 Å². The Morgan fingerprint density at radius 2 is 0.711 bits per heavy atom. The number of nitrogens with zero attached hydrogens (tertiary/aromatic N) is 6. The average Bonchev–Trinajstić information content (AvgIpc) is 1.52. The van der Waals surface area contributed by atoms with Gasteiger partial charge in [-0.05, 0) is 254 Å². The van der Waals surface area contributed by atoms with Crippen molar-refractivity contribution in [3.05, 3.63) is 238 Å². The van der Waals surface area contributed by atoms with Crippen molar-refractivity contribution in [2.75, 3.05) is 13.2 Å². The zero-order valence-corrected chi connectivity index (χ0v) is 72.3. The highest BCUT2D eigenvalue weighted by Gasteiger charge is 2.40. The molecule has 590 valence electrons. The van der Waals surface area contributed by atoms with Gasteiger partial charge in [0, 0.05) is 22.2 Å². The second-order valence-electron chi connectivity index (χ2n) is 38.6. The van der Waals surface area contributed by atoms with Crippen LogP contribution in [0.4, 0.5) is 0 Å². The molecule has 8 aromatic carbocycles. The third-order valence-corrected chi connectivity index (χ3v) is 23.5.